The van der Waals surface area contributed by atoms with Crippen molar-refractivity contribution >= 4 is 33.7 Å². The number of amides is 1. The lowest BCUT2D eigenvalue weighted by molar-refractivity contribution is -0.139. The van der Waals surface area contributed by atoms with Crippen LogP contribution in [0.4, 0.5) is 0 Å². The molecule has 0 aliphatic rings. The van der Waals surface area contributed by atoms with Gasteiger partial charge >= 0.3 is 5.97 Å². The summed E-state index contributed by atoms with van der Waals surface area (Å²) in [5.74, 6) is -0.139. The summed E-state index contributed by atoms with van der Waals surface area (Å²) in [6, 6.07) is 16.0. The van der Waals surface area contributed by atoms with Gasteiger partial charge in [-0.3, -0.25) is 9.78 Å². The van der Waals surface area contributed by atoms with E-state index >= 15 is 0 Å². The first-order valence-electron chi connectivity index (χ1n) is 11.2. The maximum Gasteiger partial charge on any atom is 0.326 e. The van der Waals surface area contributed by atoms with Crippen molar-refractivity contribution in [3.05, 3.63) is 83.7 Å². The predicted molar refractivity (Wildman–Crippen MR) is 146 cm³/mol. The molecule has 4 N–H and O–H groups in total. The molecule has 1 aromatic heterocycles. The number of primary sulfonamides is 1. The van der Waals surface area contributed by atoms with Crippen LogP contribution in [-0.4, -0.2) is 54.7 Å². The number of thioether (sulfide) groups is 1. The van der Waals surface area contributed by atoms with Crippen molar-refractivity contribution in [2.45, 2.75) is 26.0 Å². The van der Waals surface area contributed by atoms with Crippen molar-refractivity contribution in [2.75, 3.05) is 18.3 Å². The summed E-state index contributed by atoms with van der Waals surface area (Å²) in [6.07, 6.45) is 6.53. The molecule has 198 valence electrons. The van der Waals surface area contributed by atoms with Crippen LogP contribution in [0, 0.1) is 6.92 Å². The normalized spacial score (nSPS) is 11.6. The SMILES string of the molecule is CS(N)(=O)=O.CSCCC(NC(=O)c1ccc(COc2cccnc2)cc1-c1ccccc1C)C(=O)O. The Morgan fingerprint density at radius 1 is 1.14 bits per heavy atom. The van der Waals surface area contributed by atoms with Crippen LogP contribution in [0.5, 0.6) is 5.75 Å². The first kappa shape index (κ1) is 29.8. The van der Waals surface area contributed by atoms with Gasteiger partial charge in [0.25, 0.3) is 5.91 Å². The van der Waals surface area contributed by atoms with Gasteiger partial charge in [0.05, 0.1) is 12.5 Å². The van der Waals surface area contributed by atoms with Gasteiger partial charge < -0.3 is 15.2 Å². The molecule has 3 aromatic rings. The van der Waals surface area contributed by atoms with Crippen LogP contribution in [0.15, 0.2) is 67.0 Å². The molecule has 1 atom stereocenters. The quantitative estimate of drug-likeness (QED) is 0.351. The molecule has 9 nitrogen and oxygen atoms in total. The largest absolute Gasteiger partial charge is 0.487 e. The second-order valence-corrected chi connectivity index (χ2v) is 10.8. The first-order valence-corrected chi connectivity index (χ1v) is 14.6. The Bertz CT molecular complexity index is 1290. The number of nitrogens with one attached hydrogen (secondary N) is 1. The molecule has 1 heterocycles. The summed E-state index contributed by atoms with van der Waals surface area (Å²) in [6.45, 7) is 2.30. The number of sulfonamides is 1. The molecule has 0 saturated carbocycles. The molecule has 2 aromatic carbocycles. The third kappa shape index (κ3) is 10.6. The number of carboxylic acids is 1. The van der Waals surface area contributed by atoms with Gasteiger partial charge in [-0.1, -0.05) is 30.3 Å². The molecule has 1 amide bonds. The smallest absolute Gasteiger partial charge is 0.326 e. The number of hydrogen-bond acceptors (Lipinski definition) is 7. The first-order chi connectivity index (χ1) is 17.5. The highest BCUT2D eigenvalue weighted by atomic mass is 32.2. The van der Waals surface area contributed by atoms with E-state index in [4.69, 9.17) is 4.74 Å². The van der Waals surface area contributed by atoms with Crippen molar-refractivity contribution in [3.8, 4) is 16.9 Å². The second kappa shape index (κ2) is 14.4. The van der Waals surface area contributed by atoms with Crippen LogP contribution in [0.3, 0.4) is 0 Å². The average molecular weight is 546 g/mol. The van der Waals surface area contributed by atoms with Gasteiger partial charge in [0.2, 0.25) is 10.0 Å². The lowest BCUT2D eigenvalue weighted by Crippen LogP contribution is -2.41. The summed E-state index contributed by atoms with van der Waals surface area (Å²) < 4.78 is 24.6. The predicted octanol–water partition coefficient (Wildman–Crippen LogP) is 3.48. The summed E-state index contributed by atoms with van der Waals surface area (Å²) in [5.41, 5.74) is 3.99. The monoisotopic (exact) mass is 545 g/mol. The van der Waals surface area contributed by atoms with Gasteiger partial charge in [0.15, 0.2) is 0 Å². The molecule has 0 saturated heterocycles. The van der Waals surface area contributed by atoms with E-state index in [-0.39, 0.29) is 0 Å². The maximum atomic E-state index is 13.1. The zero-order valence-electron chi connectivity index (χ0n) is 20.9. The second-order valence-electron chi connectivity index (χ2n) is 8.15. The molecule has 0 bridgehead atoms. The number of aromatic nitrogens is 1. The highest BCUT2D eigenvalue weighted by Crippen LogP contribution is 2.29. The van der Waals surface area contributed by atoms with Crippen LogP contribution >= 0.6 is 11.8 Å². The zero-order valence-corrected chi connectivity index (χ0v) is 22.5. The summed E-state index contributed by atoms with van der Waals surface area (Å²) in [5, 5.41) is 16.5. The number of ether oxygens (including phenoxy) is 1. The zero-order chi connectivity index (χ0) is 27.4. The highest BCUT2D eigenvalue weighted by molar-refractivity contribution is 7.98. The van der Waals surface area contributed by atoms with E-state index in [0.717, 1.165) is 28.5 Å². The minimum Gasteiger partial charge on any atom is -0.487 e. The lowest BCUT2D eigenvalue weighted by atomic mass is 9.93. The molecular weight excluding hydrogens is 514 g/mol. The highest BCUT2D eigenvalue weighted by Gasteiger charge is 2.22. The number of pyridine rings is 1. The Morgan fingerprint density at radius 3 is 2.43 bits per heavy atom. The van der Waals surface area contributed by atoms with Crippen molar-refractivity contribution < 1.29 is 27.9 Å². The molecule has 0 radical (unpaired) electrons. The van der Waals surface area contributed by atoms with Gasteiger partial charge in [-0.05, 0) is 71.9 Å². The Hall–Kier alpha value is -3.41. The van der Waals surface area contributed by atoms with Crippen molar-refractivity contribution in [1.29, 1.82) is 0 Å². The third-order valence-electron chi connectivity index (χ3n) is 5.02. The minimum absolute atomic E-state index is 0.317. The number of aliphatic carboxylic acids is 1. The molecular formula is C26H31N3O6S2. The number of aryl methyl sites for hydroxylation is 1. The number of benzene rings is 2. The van der Waals surface area contributed by atoms with Gasteiger partial charge in [-0.25, -0.2) is 18.4 Å². The Balaban J connectivity index is 0.000000877. The van der Waals surface area contributed by atoms with Gasteiger partial charge in [-0.2, -0.15) is 11.8 Å². The van der Waals surface area contributed by atoms with Gasteiger partial charge in [-0.15, -0.1) is 0 Å². The Kier molecular flexibility index (Phi) is 11.6. The van der Waals surface area contributed by atoms with E-state index in [1.54, 1.807) is 36.3 Å². The number of carbonyl (C=O) groups excluding carboxylic acids is 1. The van der Waals surface area contributed by atoms with E-state index in [1.165, 1.54) is 0 Å². The Morgan fingerprint density at radius 2 is 1.84 bits per heavy atom. The topological polar surface area (TPSA) is 149 Å². The van der Waals surface area contributed by atoms with Crippen molar-refractivity contribution in [1.82, 2.24) is 10.3 Å². The molecule has 0 spiro atoms. The van der Waals surface area contributed by atoms with Crippen molar-refractivity contribution in [3.63, 3.8) is 0 Å². The molecule has 0 aliphatic heterocycles. The fourth-order valence-corrected chi connectivity index (χ4v) is 3.78. The standard InChI is InChI=1S/C25H26N2O4S.CH5NO2S/c1-17-6-3-4-8-20(17)22-14-18(16-31-19-7-5-12-26-15-19)9-10-21(22)24(28)27-23(25(29)30)11-13-32-2;1-5(2,3)4/h3-10,12,14-15,23H,11,13,16H2,1-2H3,(H,27,28)(H,29,30);1H3,(H2,2,3,4). The molecule has 0 fully saturated rings. The number of carboxylic acid groups (broad SMARTS) is 1. The van der Waals surface area contributed by atoms with Crippen LogP contribution in [-0.2, 0) is 21.4 Å². The maximum absolute atomic E-state index is 13.1. The Labute approximate surface area is 221 Å². The van der Waals surface area contributed by atoms with E-state index in [0.29, 0.717) is 30.1 Å². The lowest BCUT2D eigenvalue weighted by Gasteiger charge is -2.18. The number of carbonyl (C=O) groups is 2. The van der Waals surface area contributed by atoms with E-state index in [2.05, 4.69) is 15.4 Å². The van der Waals surface area contributed by atoms with Crippen LogP contribution in [0.2, 0.25) is 0 Å². The summed E-state index contributed by atoms with van der Waals surface area (Å²) >= 11 is 1.54. The average Bonchev–Trinajstić information content (AvgIpc) is 2.85. The van der Waals surface area contributed by atoms with E-state index in [9.17, 15) is 23.1 Å². The summed E-state index contributed by atoms with van der Waals surface area (Å²) in [7, 11) is -3.17. The minimum atomic E-state index is -3.17. The molecule has 1 unspecified atom stereocenters. The molecule has 0 aliphatic carbocycles. The van der Waals surface area contributed by atoms with E-state index < -0.39 is 27.9 Å². The number of nitrogens with two attached hydrogens (primary N) is 1. The van der Waals surface area contributed by atoms with Crippen LogP contribution < -0.4 is 15.2 Å². The fourth-order valence-electron chi connectivity index (χ4n) is 3.31. The van der Waals surface area contributed by atoms with Crippen LogP contribution in [0.25, 0.3) is 11.1 Å². The number of rotatable bonds is 10. The van der Waals surface area contributed by atoms with E-state index in [1.807, 2.05) is 55.6 Å². The summed E-state index contributed by atoms with van der Waals surface area (Å²) in [4.78, 5) is 28.8. The van der Waals surface area contributed by atoms with Crippen LogP contribution in [0.1, 0.15) is 27.9 Å². The third-order valence-corrected chi connectivity index (χ3v) is 5.66. The molecule has 11 heteroatoms. The number of nitrogens with zero attached hydrogens (tertiary/aromatic N) is 1. The fraction of sp³-hybridized carbons (Fsp3) is 0.269. The molecule has 37 heavy (non-hydrogen) atoms. The van der Waals surface area contributed by atoms with Gasteiger partial charge in [0, 0.05) is 11.8 Å². The molecule has 3 rings (SSSR count). The number of hydrogen-bond donors (Lipinski definition) is 3. The van der Waals surface area contributed by atoms with Crippen molar-refractivity contribution in [2.24, 2.45) is 5.14 Å². The van der Waals surface area contributed by atoms with Gasteiger partial charge in [0.1, 0.15) is 18.4 Å².